The van der Waals surface area contributed by atoms with Crippen LogP contribution < -0.4 is 5.32 Å². The molecule has 3 aromatic rings. The van der Waals surface area contributed by atoms with E-state index in [1.165, 1.54) is 18.5 Å². The molecule has 0 radical (unpaired) electrons. The molecule has 0 spiro atoms. The van der Waals surface area contributed by atoms with Crippen molar-refractivity contribution >= 4 is 22.5 Å². The zero-order valence-corrected chi connectivity index (χ0v) is 14.8. The van der Waals surface area contributed by atoms with Gasteiger partial charge in [-0.05, 0) is 43.5 Å². The minimum atomic E-state index is -4.56. The lowest BCUT2D eigenvalue weighted by Crippen LogP contribution is -2.31. The van der Waals surface area contributed by atoms with Gasteiger partial charge in [-0.1, -0.05) is 0 Å². The van der Waals surface area contributed by atoms with Crippen molar-refractivity contribution in [2.24, 2.45) is 0 Å². The van der Waals surface area contributed by atoms with E-state index in [2.05, 4.69) is 25.3 Å². The molecule has 1 amide bonds. The monoisotopic (exact) mass is 390 g/mol. The highest BCUT2D eigenvalue weighted by Gasteiger charge is 2.36. The normalized spacial score (nSPS) is 15.2. The summed E-state index contributed by atoms with van der Waals surface area (Å²) in [5, 5.41) is 9.47. The first-order valence-electron chi connectivity index (χ1n) is 8.79. The van der Waals surface area contributed by atoms with Crippen LogP contribution in [0.25, 0.3) is 22.0 Å². The number of anilines is 1. The van der Waals surface area contributed by atoms with Crippen molar-refractivity contribution in [2.75, 3.05) is 25.0 Å². The molecule has 2 N–H and O–H groups in total. The van der Waals surface area contributed by atoms with Crippen LogP contribution in [0.1, 0.15) is 18.5 Å². The van der Waals surface area contributed by atoms with Gasteiger partial charge >= 0.3 is 6.18 Å². The van der Waals surface area contributed by atoms with Crippen LogP contribution in [0.15, 0.2) is 30.7 Å². The van der Waals surface area contributed by atoms with Crippen molar-refractivity contribution in [3.8, 4) is 11.3 Å². The van der Waals surface area contributed by atoms with E-state index in [4.69, 9.17) is 0 Å². The minimum Gasteiger partial charge on any atom is -0.310 e. The molecule has 0 aromatic carbocycles. The summed E-state index contributed by atoms with van der Waals surface area (Å²) in [4.78, 5) is 22.5. The molecule has 4 heterocycles. The fraction of sp³-hybridized carbons (Fsp3) is 0.333. The Morgan fingerprint density at radius 1 is 1.11 bits per heavy atom. The molecular weight excluding hydrogens is 373 g/mol. The Kier molecular flexibility index (Phi) is 4.71. The minimum absolute atomic E-state index is 0.133. The third-order valence-electron chi connectivity index (χ3n) is 4.64. The van der Waals surface area contributed by atoms with Crippen molar-refractivity contribution < 1.29 is 18.0 Å². The number of hydrogen-bond donors (Lipinski definition) is 2. The number of nitrogens with zero attached hydrogens (tertiary/aromatic N) is 4. The van der Waals surface area contributed by atoms with Crippen LogP contribution in [0.5, 0.6) is 0 Å². The fourth-order valence-electron chi connectivity index (χ4n) is 3.28. The summed E-state index contributed by atoms with van der Waals surface area (Å²) in [6.45, 7) is 2.10. The number of carbonyl (C=O) groups excluding carboxylic acids is 1. The van der Waals surface area contributed by atoms with Crippen LogP contribution >= 0.6 is 0 Å². The molecule has 0 bridgehead atoms. The van der Waals surface area contributed by atoms with Crippen LogP contribution in [0.3, 0.4) is 0 Å². The summed E-state index contributed by atoms with van der Waals surface area (Å²) >= 11 is 0. The molecule has 1 aliphatic rings. The Morgan fingerprint density at radius 2 is 1.86 bits per heavy atom. The molecule has 7 nitrogen and oxygen atoms in total. The number of amides is 1. The van der Waals surface area contributed by atoms with Gasteiger partial charge in [-0.2, -0.15) is 18.3 Å². The summed E-state index contributed by atoms with van der Waals surface area (Å²) in [7, 11) is 0. The van der Waals surface area contributed by atoms with E-state index in [0.717, 1.165) is 32.1 Å². The molecule has 1 aliphatic heterocycles. The summed E-state index contributed by atoms with van der Waals surface area (Å²) < 4.78 is 39.3. The van der Waals surface area contributed by atoms with Gasteiger partial charge in [0.05, 0.1) is 24.0 Å². The highest BCUT2D eigenvalue weighted by atomic mass is 19.4. The van der Waals surface area contributed by atoms with Gasteiger partial charge in [0.1, 0.15) is 11.5 Å². The number of likely N-dealkylation sites (tertiary alicyclic amines) is 1. The maximum absolute atomic E-state index is 13.1. The van der Waals surface area contributed by atoms with Crippen LogP contribution in [0, 0.1) is 0 Å². The maximum atomic E-state index is 13.1. The quantitative estimate of drug-likeness (QED) is 0.715. The number of alkyl halides is 3. The molecule has 0 aliphatic carbocycles. The molecule has 0 saturated carbocycles. The van der Waals surface area contributed by atoms with Crippen molar-refractivity contribution in [3.63, 3.8) is 0 Å². The number of nitrogens with one attached hydrogen (secondary N) is 2. The first-order chi connectivity index (χ1) is 13.4. The highest BCUT2D eigenvalue weighted by Crippen LogP contribution is 2.35. The lowest BCUT2D eigenvalue weighted by atomic mass is 10.1. The Hall–Kier alpha value is -3.01. The first-order valence-corrected chi connectivity index (χ1v) is 8.79. The third kappa shape index (κ3) is 3.81. The number of hydrogen-bond acceptors (Lipinski definition) is 5. The zero-order valence-electron chi connectivity index (χ0n) is 14.8. The first kappa shape index (κ1) is 18.4. The van der Waals surface area contributed by atoms with Gasteiger partial charge < -0.3 is 5.32 Å². The standard InChI is InChI=1S/C18H17F3N6O/c19-18(20,21)17-13(9-24-26-17)14-5-11-6-15(23-8-12(11)7-22-14)25-16(28)10-27-3-1-2-4-27/h5-9H,1-4,10H2,(H,24,26)(H,23,25,28). The molecule has 10 heteroatoms. The molecule has 0 unspecified atom stereocenters. The average molecular weight is 390 g/mol. The predicted molar refractivity (Wildman–Crippen MR) is 96.4 cm³/mol. The van der Waals surface area contributed by atoms with Gasteiger partial charge in [0, 0.05) is 17.8 Å². The zero-order chi connectivity index (χ0) is 19.7. The molecule has 1 fully saturated rings. The average Bonchev–Trinajstić information content (AvgIpc) is 3.32. The Labute approximate surface area is 158 Å². The second kappa shape index (κ2) is 7.19. The van der Waals surface area contributed by atoms with Crippen molar-refractivity contribution in [1.82, 2.24) is 25.1 Å². The van der Waals surface area contributed by atoms with Crippen LogP contribution in [0.2, 0.25) is 0 Å². The van der Waals surface area contributed by atoms with E-state index in [-0.39, 0.29) is 17.2 Å². The van der Waals surface area contributed by atoms with Gasteiger partial charge in [0.25, 0.3) is 0 Å². The number of pyridine rings is 2. The second-order valence-electron chi connectivity index (χ2n) is 6.67. The van der Waals surface area contributed by atoms with Crippen LogP contribution in [-0.2, 0) is 11.0 Å². The van der Waals surface area contributed by atoms with Gasteiger partial charge in [-0.25, -0.2) is 4.98 Å². The van der Waals surface area contributed by atoms with E-state index in [1.807, 2.05) is 5.10 Å². The summed E-state index contributed by atoms with van der Waals surface area (Å²) in [6.07, 6.45) is 1.68. The van der Waals surface area contributed by atoms with Gasteiger partial charge in [0.2, 0.25) is 5.91 Å². The molecule has 146 valence electrons. The summed E-state index contributed by atoms with van der Waals surface area (Å²) in [6, 6.07) is 3.14. The number of fused-ring (bicyclic) bond motifs is 1. The highest BCUT2D eigenvalue weighted by molar-refractivity contribution is 5.94. The van der Waals surface area contributed by atoms with E-state index in [1.54, 1.807) is 6.07 Å². The largest absolute Gasteiger partial charge is 0.433 e. The van der Waals surface area contributed by atoms with E-state index >= 15 is 0 Å². The number of halogens is 3. The number of H-pyrrole nitrogens is 1. The van der Waals surface area contributed by atoms with E-state index < -0.39 is 11.9 Å². The van der Waals surface area contributed by atoms with Crippen LogP contribution in [-0.4, -0.2) is 50.6 Å². The van der Waals surface area contributed by atoms with Crippen molar-refractivity contribution in [3.05, 3.63) is 36.4 Å². The number of aromatic amines is 1. The van der Waals surface area contributed by atoms with E-state index in [9.17, 15) is 18.0 Å². The molecule has 1 saturated heterocycles. The number of carbonyl (C=O) groups is 1. The predicted octanol–water partition coefficient (Wildman–Crippen LogP) is 3.07. The van der Waals surface area contributed by atoms with Gasteiger partial charge in [-0.15, -0.1) is 0 Å². The lowest BCUT2D eigenvalue weighted by molar-refractivity contribution is -0.140. The summed E-state index contributed by atoms with van der Waals surface area (Å²) in [5.41, 5.74) is -0.951. The smallest absolute Gasteiger partial charge is 0.310 e. The van der Waals surface area contributed by atoms with Crippen LogP contribution in [0.4, 0.5) is 19.0 Å². The van der Waals surface area contributed by atoms with Gasteiger partial charge in [0.15, 0.2) is 0 Å². The molecule has 28 heavy (non-hydrogen) atoms. The lowest BCUT2D eigenvalue weighted by Gasteiger charge is -2.14. The number of aromatic nitrogens is 4. The van der Waals surface area contributed by atoms with Crippen molar-refractivity contribution in [2.45, 2.75) is 19.0 Å². The fourth-order valence-corrected chi connectivity index (χ4v) is 3.28. The number of rotatable bonds is 4. The molecular formula is C18H17F3N6O. The Bertz CT molecular complexity index is 1010. The molecule has 4 rings (SSSR count). The SMILES string of the molecule is O=C(CN1CCCC1)Nc1cc2cc(-c3cn[nH]c3C(F)(F)F)ncc2cn1. The molecule has 0 atom stereocenters. The van der Waals surface area contributed by atoms with Crippen molar-refractivity contribution in [1.29, 1.82) is 0 Å². The van der Waals surface area contributed by atoms with Gasteiger partial charge in [-0.3, -0.25) is 19.8 Å². The third-order valence-corrected chi connectivity index (χ3v) is 4.64. The molecule has 3 aromatic heterocycles. The maximum Gasteiger partial charge on any atom is 0.433 e. The topological polar surface area (TPSA) is 86.8 Å². The summed E-state index contributed by atoms with van der Waals surface area (Å²) in [5.74, 6) is 0.175. The second-order valence-corrected chi connectivity index (χ2v) is 6.67. The Morgan fingerprint density at radius 3 is 2.61 bits per heavy atom. The Balaban J connectivity index is 1.59. The van der Waals surface area contributed by atoms with E-state index in [0.29, 0.717) is 23.1 Å².